The third kappa shape index (κ3) is 6.62. The van der Waals surface area contributed by atoms with Gasteiger partial charge in [-0.1, -0.05) is 0 Å². The molecule has 4 rings (SSSR count). The molecule has 0 bridgehead atoms. The lowest BCUT2D eigenvalue weighted by atomic mass is 9.96. The molecule has 4 aliphatic rings. The molecule has 8 unspecified atom stereocenters. The van der Waals surface area contributed by atoms with Gasteiger partial charge in [-0.05, 0) is 20.8 Å². The number of hydrogen-bond donors (Lipinski definition) is 11. The highest BCUT2D eigenvalue weighted by Gasteiger charge is 2.54. The number of aliphatic hydroxyl groups is 11. The summed E-state index contributed by atoms with van der Waals surface area (Å²) in [6.45, 7) is 3.46. The van der Waals surface area contributed by atoms with Gasteiger partial charge in [0.05, 0.1) is 24.9 Å². The Morgan fingerprint density at radius 3 is 1.52 bits per heavy atom. The molecule has 18 heteroatoms. The van der Waals surface area contributed by atoms with Gasteiger partial charge < -0.3 is 89.3 Å². The van der Waals surface area contributed by atoms with Gasteiger partial charge in [0.15, 0.2) is 25.2 Å². The van der Waals surface area contributed by atoms with Crippen LogP contribution in [-0.2, 0) is 33.2 Å². The van der Waals surface area contributed by atoms with E-state index in [0.29, 0.717) is 0 Å². The van der Waals surface area contributed by atoms with Crippen LogP contribution >= 0.6 is 0 Å². The van der Waals surface area contributed by atoms with Crippen molar-refractivity contribution in [3.63, 3.8) is 0 Å². The largest absolute Gasteiger partial charge is 0.394 e. The second kappa shape index (κ2) is 13.7. The fourth-order valence-electron chi connectivity index (χ4n) is 5.34. The molecule has 0 aliphatic carbocycles. The maximum atomic E-state index is 11.1. The Labute approximate surface area is 240 Å². The van der Waals surface area contributed by atoms with Gasteiger partial charge in [-0.3, -0.25) is 0 Å². The third-order valence-electron chi connectivity index (χ3n) is 8.09. The number of rotatable bonds is 7. The second-order valence-corrected chi connectivity index (χ2v) is 11.1. The highest BCUT2D eigenvalue weighted by Crippen LogP contribution is 2.34. The fraction of sp³-hybridized carbons (Fsp3) is 1.00. The van der Waals surface area contributed by atoms with Crippen LogP contribution in [-0.4, -0.2) is 186 Å². The highest BCUT2D eigenvalue weighted by atomic mass is 16.8. The van der Waals surface area contributed by atoms with Crippen LogP contribution in [0.4, 0.5) is 0 Å². The summed E-state index contributed by atoms with van der Waals surface area (Å²) >= 11 is 0. The lowest BCUT2D eigenvalue weighted by Crippen LogP contribution is -2.66. The van der Waals surface area contributed by atoms with E-state index in [1.54, 1.807) is 0 Å². The van der Waals surface area contributed by atoms with Crippen LogP contribution in [0.2, 0.25) is 0 Å². The van der Waals surface area contributed by atoms with Crippen LogP contribution in [0, 0.1) is 0 Å². The van der Waals surface area contributed by atoms with Crippen LogP contribution in [0.25, 0.3) is 0 Å². The topological polar surface area (TPSA) is 287 Å². The Kier molecular flexibility index (Phi) is 11.2. The summed E-state index contributed by atoms with van der Waals surface area (Å²) < 4.78 is 38.6. The summed E-state index contributed by atoms with van der Waals surface area (Å²) in [6, 6.07) is 0. The average Bonchev–Trinajstić information content (AvgIpc) is 2.95. The van der Waals surface area contributed by atoms with Gasteiger partial charge in [-0.25, -0.2) is 0 Å². The number of aliphatic hydroxyl groups excluding tert-OH is 11. The molecule has 18 nitrogen and oxygen atoms in total. The van der Waals surface area contributed by atoms with Crippen molar-refractivity contribution >= 4 is 0 Å². The van der Waals surface area contributed by atoms with Gasteiger partial charge in [-0.2, -0.15) is 0 Å². The lowest BCUT2D eigenvalue weighted by molar-refractivity contribution is -0.392. The van der Waals surface area contributed by atoms with Crippen molar-refractivity contribution in [2.45, 2.75) is 144 Å². The maximum absolute atomic E-state index is 11.1. The smallest absolute Gasteiger partial charge is 0.187 e. The van der Waals surface area contributed by atoms with E-state index in [2.05, 4.69) is 0 Å². The Morgan fingerprint density at radius 1 is 0.429 bits per heavy atom. The monoisotopic (exact) mass is 618 g/mol. The lowest BCUT2D eigenvalue weighted by Gasteiger charge is -2.49. The predicted molar refractivity (Wildman–Crippen MR) is 130 cm³/mol. The van der Waals surface area contributed by atoms with Crippen molar-refractivity contribution in [1.29, 1.82) is 0 Å². The van der Waals surface area contributed by atoms with Gasteiger partial charge in [0, 0.05) is 0 Å². The van der Waals surface area contributed by atoms with Gasteiger partial charge in [-0.15, -0.1) is 0 Å². The molecule has 20 atom stereocenters. The molecule has 0 aromatic rings. The first-order valence-electron chi connectivity index (χ1n) is 13.7. The van der Waals surface area contributed by atoms with E-state index in [-0.39, 0.29) is 0 Å². The van der Waals surface area contributed by atoms with Gasteiger partial charge in [0.25, 0.3) is 0 Å². The van der Waals surface area contributed by atoms with Gasteiger partial charge in [0.2, 0.25) is 0 Å². The highest BCUT2D eigenvalue weighted by molar-refractivity contribution is 4.96. The average molecular weight is 619 g/mol. The Morgan fingerprint density at radius 2 is 0.905 bits per heavy atom. The summed E-state index contributed by atoms with van der Waals surface area (Å²) in [5.41, 5.74) is 0. The molecular weight excluding hydrogens is 576 g/mol. The molecule has 0 aromatic heterocycles. The molecule has 0 radical (unpaired) electrons. The number of ether oxygens (including phenoxy) is 7. The molecule has 0 spiro atoms. The molecule has 4 heterocycles. The minimum atomic E-state index is -1.88. The normalized spacial score (nSPS) is 55.9. The zero-order chi connectivity index (χ0) is 31.2. The predicted octanol–water partition coefficient (Wildman–Crippen LogP) is -6.67. The number of hydrogen-bond acceptors (Lipinski definition) is 18. The van der Waals surface area contributed by atoms with E-state index in [0.717, 1.165) is 0 Å². The second-order valence-electron chi connectivity index (χ2n) is 11.1. The van der Waals surface area contributed by atoms with E-state index in [4.69, 9.17) is 33.2 Å². The van der Waals surface area contributed by atoms with Crippen molar-refractivity contribution in [2.24, 2.45) is 0 Å². The van der Waals surface area contributed by atoms with Crippen LogP contribution in [0.15, 0.2) is 0 Å². The van der Waals surface area contributed by atoms with E-state index >= 15 is 0 Å². The Hall–Kier alpha value is -0.720. The standard InChI is InChI=1S/C24H42O18/c1-5-9(26)14(31)20(24(38-5)41-18-10(27)6(2)36-21(35)16(18)33)42-23-17(34)19(11(28)7(3)37-23)40-22-15(32)13(30)12(29)8(4-25)39-22/h5-35H,4H2,1-3H3/t5?,6?,7?,8-,9-,10-,11-,12+,13?,14-,15?,16?,17?,18-,19-,20?,21+,22+,23-,24-/m0/s1. The quantitative estimate of drug-likeness (QED) is 0.126. The molecule has 0 amide bonds. The van der Waals surface area contributed by atoms with Crippen LogP contribution < -0.4 is 0 Å². The summed E-state index contributed by atoms with van der Waals surface area (Å²) in [6.07, 6.45) is -31.3. The van der Waals surface area contributed by atoms with Crippen molar-refractivity contribution in [1.82, 2.24) is 0 Å². The van der Waals surface area contributed by atoms with Gasteiger partial charge in [0.1, 0.15) is 79.4 Å². The molecule has 4 saturated heterocycles. The molecule has 0 aromatic carbocycles. The third-order valence-corrected chi connectivity index (χ3v) is 8.09. The van der Waals surface area contributed by atoms with Crippen molar-refractivity contribution in [3.05, 3.63) is 0 Å². The minimum Gasteiger partial charge on any atom is -0.394 e. The molecule has 42 heavy (non-hydrogen) atoms. The minimum absolute atomic E-state index is 0.750. The summed E-state index contributed by atoms with van der Waals surface area (Å²) in [5.74, 6) is 0. The van der Waals surface area contributed by atoms with Crippen molar-refractivity contribution in [3.8, 4) is 0 Å². The van der Waals surface area contributed by atoms with E-state index < -0.39 is 129 Å². The van der Waals surface area contributed by atoms with Crippen LogP contribution in [0.1, 0.15) is 20.8 Å². The summed E-state index contributed by atoms with van der Waals surface area (Å²) in [5, 5.41) is 114. The van der Waals surface area contributed by atoms with Crippen molar-refractivity contribution < 1.29 is 89.3 Å². The molecule has 0 saturated carbocycles. The molecule has 4 fully saturated rings. The van der Waals surface area contributed by atoms with E-state index in [1.807, 2.05) is 0 Å². The molecule has 4 aliphatic heterocycles. The summed E-state index contributed by atoms with van der Waals surface area (Å²) in [7, 11) is 0. The fourth-order valence-corrected chi connectivity index (χ4v) is 5.34. The van der Waals surface area contributed by atoms with E-state index in [9.17, 15) is 56.2 Å². The Balaban J connectivity index is 1.53. The first-order valence-corrected chi connectivity index (χ1v) is 13.7. The maximum Gasteiger partial charge on any atom is 0.187 e. The van der Waals surface area contributed by atoms with Gasteiger partial charge >= 0.3 is 0 Å². The molecular formula is C24H42O18. The zero-order valence-electron chi connectivity index (χ0n) is 23.0. The Bertz CT molecular complexity index is 853. The molecule has 246 valence electrons. The SMILES string of the molecule is CC1O[C@@H](O[C@@H]2C(O)[C@H](O)OC(C)[C@@H]2O)C(O[C@@H]2OC(C)[C@H](O)[C@H](O[C@H]3O[C@@H](CO)[C@@H](O)C(O)C3O)C2O)[C@@H](O)[C@H]1O. The van der Waals surface area contributed by atoms with E-state index in [1.165, 1.54) is 20.8 Å². The van der Waals surface area contributed by atoms with Crippen LogP contribution in [0.3, 0.4) is 0 Å². The van der Waals surface area contributed by atoms with Crippen molar-refractivity contribution in [2.75, 3.05) is 6.61 Å². The summed E-state index contributed by atoms with van der Waals surface area (Å²) in [4.78, 5) is 0. The first-order chi connectivity index (χ1) is 19.7. The zero-order valence-corrected chi connectivity index (χ0v) is 23.0. The molecule has 11 N–H and O–H groups in total. The van der Waals surface area contributed by atoms with Crippen LogP contribution in [0.5, 0.6) is 0 Å². The first kappa shape index (κ1) is 34.2.